The third kappa shape index (κ3) is 4.28. The van der Waals surface area contributed by atoms with Crippen LogP contribution in [0.4, 0.5) is 4.39 Å². The molecule has 0 saturated heterocycles. The minimum absolute atomic E-state index is 0.173. The molecule has 0 bridgehead atoms. The molecule has 0 aliphatic carbocycles. The second kappa shape index (κ2) is 6.01. The third-order valence-electron chi connectivity index (χ3n) is 2.58. The van der Waals surface area contributed by atoms with Gasteiger partial charge in [0, 0.05) is 13.1 Å². The Hall–Kier alpha value is -0.940. The molecule has 0 aromatic heterocycles. The molecule has 0 fully saturated rings. The maximum Gasteiger partial charge on any atom is 0.246 e. The Morgan fingerprint density at radius 2 is 1.79 bits per heavy atom. The van der Waals surface area contributed by atoms with Crippen LogP contribution < -0.4 is 0 Å². The number of hydrogen-bond donors (Lipinski definition) is 0. The molecule has 1 rings (SSSR count). The van der Waals surface area contributed by atoms with Crippen LogP contribution in [0.5, 0.6) is 0 Å². The Kier molecular flexibility index (Phi) is 5.10. The molecule has 5 heteroatoms. The highest BCUT2D eigenvalue weighted by Gasteiger charge is 2.29. The van der Waals surface area contributed by atoms with E-state index in [0.717, 1.165) is 0 Å². The fourth-order valence-electron chi connectivity index (χ4n) is 1.86. The summed E-state index contributed by atoms with van der Waals surface area (Å²) in [5.41, 5.74) is -0.173. The summed E-state index contributed by atoms with van der Waals surface area (Å²) in [6.07, 6.45) is 0.698. The van der Waals surface area contributed by atoms with Gasteiger partial charge in [0.2, 0.25) is 10.0 Å². The first-order valence-corrected chi connectivity index (χ1v) is 7.87. The van der Waals surface area contributed by atoms with Gasteiger partial charge in [-0.15, -0.1) is 0 Å². The van der Waals surface area contributed by atoms with Crippen molar-refractivity contribution in [1.82, 2.24) is 4.31 Å². The molecule has 0 amide bonds. The number of benzene rings is 1. The van der Waals surface area contributed by atoms with Crippen LogP contribution in [0.15, 0.2) is 29.2 Å². The molecule has 3 nitrogen and oxygen atoms in total. The van der Waals surface area contributed by atoms with Crippen LogP contribution in [0, 0.1) is 11.2 Å². The van der Waals surface area contributed by atoms with E-state index >= 15 is 0 Å². The van der Waals surface area contributed by atoms with E-state index in [4.69, 9.17) is 0 Å². The lowest BCUT2D eigenvalue weighted by Crippen LogP contribution is -2.38. The zero-order valence-electron chi connectivity index (χ0n) is 12.0. The molecule has 0 radical (unpaired) electrons. The molecule has 108 valence electrons. The molecule has 1 aromatic carbocycles. The normalized spacial score (nSPS) is 12.9. The van der Waals surface area contributed by atoms with Gasteiger partial charge in [-0.1, -0.05) is 39.8 Å². The van der Waals surface area contributed by atoms with Gasteiger partial charge in [-0.25, -0.2) is 12.8 Å². The molecule has 0 unspecified atom stereocenters. The minimum Gasteiger partial charge on any atom is -0.207 e. The Morgan fingerprint density at radius 3 is 2.26 bits per heavy atom. The lowest BCUT2D eigenvalue weighted by Gasteiger charge is -2.29. The maximum absolute atomic E-state index is 13.7. The van der Waals surface area contributed by atoms with Gasteiger partial charge in [0.25, 0.3) is 0 Å². The van der Waals surface area contributed by atoms with Gasteiger partial charge in [-0.3, -0.25) is 0 Å². The second-order valence-electron chi connectivity index (χ2n) is 5.83. The molecule has 19 heavy (non-hydrogen) atoms. The molecule has 0 aliphatic rings. The van der Waals surface area contributed by atoms with E-state index in [1.165, 1.54) is 28.6 Å². The standard InChI is InChI=1S/C14H22FNO2S/c1-5-10-16(11-14(2,3)4)19(17,18)13-9-7-6-8-12(13)15/h6-9H,5,10-11H2,1-4H3. The van der Waals surface area contributed by atoms with Crippen molar-refractivity contribution in [2.45, 2.75) is 39.0 Å². The second-order valence-corrected chi connectivity index (χ2v) is 7.74. The zero-order valence-corrected chi connectivity index (χ0v) is 12.8. The van der Waals surface area contributed by atoms with Crippen LogP contribution in [0.1, 0.15) is 34.1 Å². The summed E-state index contributed by atoms with van der Waals surface area (Å²) in [5, 5.41) is 0. The maximum atomic E-state index is 13.7. The van der Waals surface area contributed by atoms with E-state index in [0.29, 0.717) is 19.5 Å². The predicted octanol–water partition coefficient (Wildman–Crippen LogP) is 3.27. The van der Waals surface area contributed by atoms with Gasteiger partial charge in [0.15, 0.2) is 0 Å². The summed E-state index contributed by atoms with van der Waals surface area (Å²) < 4.78 is 40.1. The fraction of sp³-hybridized carbons (Fsp3) is 0.571. The SMILES string of the molecule is CCCN(CC(C)(C)C)S(=O)(=O)c1ccccc1F. The van der Waals surface area contributed by atoms with E-state index in [1.54, 1.807) is 0 Å². The number of rotatable bonds is 5. The van der Waals surface area contributed by atoms with Crippen LogP contribution in [0.3, 0.4) is 0 Å². The van der Waals surface area contributed by atoms with E-state index in [9.17, 15) is 12.8 Å². The first-order valence-electron chi connectivity index (χ1n) is 6.43. The lowest BCUT2D eigenvalue weighted by molar-refractivity contribution is 0.281. The highest BCUT2D eigenvalue weighted by atomic mass is 32.2. The summed E-state index contributed by atoms with van der Waals surface area (Å²) >= 11 is 0. The summed E-state index contributed by atoms with van der Waals surface area (Å²) in [6, 6.07) is 5.52. The van der Waals surface area contributed by atoms with Crippen LogP contribution in [0.25, 0.3) is 0 Å². The Labute approximate surface area is 115 Å². The van der Waals surface area contributed by atoms with Gasteiger partial charge < -0.3 is 0 Å². The fourth-order valence-corrected chi connectivity index (χ4v) is 3.68. The van der Waals surface area contributed by atoms with Crippen molar-refractivity contribution in [3.8, 4) is 0 Å². The van der Waals surface area contributed by atoms with E-state index in [-0.39, 0.29) is 10.3 Å². The van der Waals surface area contributed by atoms with Crippen molar-refractivity contribution in [3.63, 3.8) is 0 Å². The number of hydrogen-bond acceptors (Lipinski definition) is 2. The lowest BCUT2D eigenvalue weighted by atomic mass is 9.97. The molecule has 0 saturated carbocycles. The van der Waals surface area contributed by atoms with Crippen molar-refractivity contribution < 1.29 is 12.8 Å². The highest BCUT2D eigenvalue weighted by Crippen LogP contribution is 2.24. The van der Waals surface area contributed by atoms with E-state index in [2.05, 4.69) is 0 Å². The Balaban J connectivity index is 3.17. The van der Waals surface area contributed by atoms with Gasteiger partial charge in [0.05, 0.1) is 0 Å². The molecule has 0 heterocycles. The molecule has 0 atom stereocenters. The number of sulfonamides is 1. The molecular formula is C14H22FNO2S. The van der Waals surface area contributed by atoms with Crippen molar-refractivity contribution >= 4 is 10.0 Å². The van der Waals surface area contributed by atoms with E-state index in [1.807, 2.05) is 27.7 Å². The number of halogens is 1. The van der Waals surface area contributed by atoms with Crippen LogP contribution in [-0.2, 0) is 10.0 Å². The Morgan fingerprint density at radius 1 is 1.21 bits per heavy atom. The molecular weight excluding hydrogens is 265 g/mol. The van der Waals surface area contributed by atoms with Crippen LogP contribution in [0.2, 0.25) is 0 Å². The monoisotopic (exact) mass is 287 g/mol. The summed E-state index contributed by atoms with van der Waals surface area (Å²) in [4.78, 5) is -0.243. The quantitative estimate of drug-likeness (QED) is 0.833. The third-order valence-corrected chi connectivity index (χ3v) is 4.46. The van der Waals surface area contributed by atoms with Crippen LogP contribution in [-0.4, -0.2) is 25.8 Å². The predicted molar refractivity (Wildman–Crippen MR) is 74.9 cm³/mol. The minimum atomic E-state index is -3.77. The smallest absolute Gasteiger partial charge is 0.207 e. The van der Waals surface area contributed by atoms with Gasteiger partial charge >= 0.3 is 0 Å². The van der Waals surface area contributed by atoms with Crippen molar-refractivity contribution in [3.05, 3.63) is 30.1 Å². The molecule has 0 spiro atoms. The molecule has 0 N–H and O–H groups in total. The van der Waals surface area contributed by atoms with Crippen molar-refractivity contribution in [2.24, 2.45) is 5.41 Å². The summed E-state index contributed by atoms with van der Waals surface area (Å²) in [5.74, 6) is -0.697. The first kappa shape index (κ1) is 16.1. The average Bonchev–Trinajstić information content (AvgIpc) is 2.27. The van der Waals surface area contributed by atoms with Gasteiger partial charge in [-0.05, 0) is 24.0 Å². The largest absolute Gasteiger partial charge is 0.246 e. The van der Waals surface area contributed by atoms with Crippen molar-refractivity contribution in [2.75, 3.05) is 13.1 Å². The van der Waals surface area contributed by atoms with Crippen molar-refractivity contribution in [1.29, 1.82) is 0 Å². The van der Waals surface area contributed by atoms with Gasteiger partial charge in [-0.2, -0.15) is 4.31 Å². The first-order chi connectivity index (χ1) is 8.68. The zero-order chi connectivity index (χ0) is 14.7. The molecule has 0 aliphatic heterocycles. The average molecular weight is 287 g/mol. The summed E-state index contributed by atoms with van der Waals surface area (Å²) in [7, 11) is -3.77. The van der Waals surface area contributed by atoms with E-state index < -0.39 is 15.8 Å². The van der Waals surface area contributed by atoms with Gasteiger partial charge in [0.1, 0.15) is 10.7 Å². The Bertz CT molecular complexity index is 520. The van der Waals surface area contributed by atoms with Crippen LogP contribution >= 0.6 is 0 Å². The molecule has 1 aromatic rings. The topological polar surface area (TPSA) is 37.4 Å². The highest BCUT2D eigenvalue weighted by molar-refractivity contribution is 7.89. The summed E-state index contributed by atoms with van der Waals surface area (Å²) in [6.45, 7) is 8.57. The number of nitrogens with zero attached hydrogens (tertiary/aromatic N) is 1.